The molecule has 25 heavy (non-hydrogen) atoms. The van der Waals surface area contributed by atoms with E-state index in [1.54, 1.807) is 7.05 Å². The lowest BCUT2D eigenvalue weighted by molar-refractivity contribution is -0.137. The molecule has 1 fully saturated rings. The van der Waals surface area contributed by atoms with Gasteiger partial charge in [-0.15, -0.1) is 0 Å². The van der Waals surface area contributed by atoms with Gasteiger partial charge in [-0.2, -0.15) is 0 Å². The fourth-order valence-corrected chi connectivity index (χ4v) is 3.12. The van der Waals surface area contributed by atoms with E-state index in [1.807, 2.05) is 50.2 Å². The smallest absolute Gasteiger partial charge is 0.235 e. The van der Waals surface area contributed by atoms with Gasteiger partial charge in [-0.25, -0.2) is 0 Å². The zero-order chi connectivity index (χ0) is 18.0. The van der Waals surface area contributed by atoms with Crippen molar-refractivity contribution in [1.82, 2.24) is 10.6 Å². The van der Waals surface area contributed by atoms with Gasteiger partial charge in [-0.3, -0.25) is 9.59 Å². The van der Waals surface area contributed by atoms with Crippen molar-refractivity contribution >= 4 is 22.6 Å². The highest BCUT2D eigenvalue weighted by molar-refractivity contribution is 6.07. The second-order valence-corrected chi connectivity index (χ2v) is 6.77. The van der Waals surface area contributed by atoms with Crippen LogP contribution in [0.1, 0.15) is 32.3 Å². The van der Waals surface area contributed by atoms with Crippen molar-refractivity contribution in [3.8, 4) is 5.75 Å². The minimum Gasteiger partial charge on any atom is -0.491 e. The number of nitrogens with one attached hydrogen (secondary N) is 2. The van der Waals surface area contributed by atoms with Gasteiger partial charge in [-0.05, 0) is 43.5 Å². The van der Waals surface area contributed by atoms with E-state index < -0.39 is 5.41 Å². The Hall–Kier alpha value is -2.56. The molecule has 0 aromatic heterocycles. The molecule has 1 saturated carbocycles. The number of rotatable bonds is 6. The molecular weight excluding hydrogens is 316 g/mol. The summed E-state index contributed by atoms with van der Waals surface area (Å²) in [6, 6.07) is 12.0. The Morgan fingerprint density at radius 1 is 1.12 bits per heavy atom. The van der Waals surface area contributed by atoms with E-state index >= 15 is 0 Å². The van der Waals surface area contributed by atoms with Crippen molar-refractivity contribution in [2.24, 2.45) is 5.41 Å². The summed E-state index contributed by atoms with van der Waals surface area (Å²) in [6.45, 7) is 4.28. The molecule has 1 aliphatic rings. The molecule has 3 rings (SSSR count). The number of hydrogen-bond acceptors (Lipinski definition) is 3. The van der Waals surface area contributed by atoms with E-state index in [9.17, 15) is 9.59 Å². The molecule has 1 aliphatic carbocycles. The number of fused-ring (bicyclic) bond motifs is 1. The van der Waals surface area contributed by atoms with Crippen molar-refractivity contribution in [3.63, 3.8) is 0 Å². The van der Waals surface area contributed by atoms with Crippen LogP contribution in [0.15, 0.2) is 36.4 Å². The molecule has 0 atom stereocenters. The van der Waals surface area contributed by atoms with Crippen molar-refractivity contribution in [1.29, 1.82) is 0 Å². The number of carbonyl (C=O) groups is 2. The predicted molar refractivity (Wildman–Crippen MR) is 97.3 cm³/mol. The molecule has 2 amide bonds. The van der Waals surface area contributed by atoms with Crippen molar-refractivity contribution in [2.45, 2.75) is 39.3 Å². The highest BCUT2D eigenvalue weighted by Gasteiger charge is 2.56. The second-order valence-electron chi connectivity index (χ2n) is 6.77. The summed E-state index contributed by atoms with van der Waals surface area (Å²) in [5.41, 5.74) is 0.0474. The average molecular weight is 340 g/mol. The van der Waals surface area contributed by atoms with E-state index in [2.05, 4.69) is 10.6 Å². The maximum atomic E-state index is 12.6. The van der Waals surface area contributed by atoms with Gasteiger partial charge in [0.2, 0.25) is 11.8 Å². The van der Waals surface area contributed by atoms with Gasteiger partial charge in [0.05, 0.1) is 6.10 Å². The highest BCUT2D eigenvalue weighted by atomic mass is 16.5. The zero-order valence-electron chi connectivity index (χ0n) is 14.9. The molecule has 0 radical (unpaired) electrons. The third-order valence-electron chi connectivity index (χ3n) is 4.63. The largest absolute Gasteiger partial charge is 0.491 e. The summed E-state index contributed by atoms with van der Waals surface area (Å²) in [7, 11) is 1.56. The molecule has 5 heteroatoms. The minimum atomic E-state index is -0.890. The third kappa shape index (κ3) is 3.31. The Morgan fingerprint density at radius 3 is 2.48 bits per heavy atom. The molecule has 0 heterocycles. The SMILES string of the molecule is CNC(=O)C1(C(=O)NCc2c(OC(C)C)ccc3ccccc23)CC1. The lowest BCUT2D eigenvalue weighted by Crippen LogP contribution is -2.41. The van der Waals surface area contributed by atoms with Crippen LogP contribution in [0.25, 0.3) is 10.8 Å². The maximum absolute atomic E-state index is 12.6. The molecule has 132 valence electrons. The minimum absolute atomic E-state index is 0.0382. The summed E-state index contributed by atoms with van der Waals surface area (Å²) in [5.74, 6) is 0.343. The first kappa shape index (κ1) is 17.3. The van der Waals surface area contributed by atoms with Crippen molar-refractivity contribution in [3.05, 3.63) is 42.0 Å². The number of hydrogen-bond donors (Lipinski definition) is 2. The lowest BCUT2D eigenvalue weighted by Gasteiger charge is -2.18. The summed E-state index contributed by atoms with van der Waals surface area (Å²) < 4.78 is 5.93. The molecule has 0 spiro atoms. The van der Waals surface area contributed by atoms with Gasteiger partial charge in [0, 0.05) is 19.2 Å². The standard InChI is InChI=1S/C20H24N2O3/c1-13(2)25-17-9-8-14-6-4-5-7-15(14)16(17)12-22-19(24)20(10-11-20)18(23)21-3/h4-9,13H,10-12H2,1-3H3,(H,21,23)(H,22,24). The molecule has 2 aromatic carbocycles. The van der Waals surface area contributed by atoms with Crippen LogP contribution < -0.4 is 15.4 Å². The van der Waals surface area contributed by atoms with E-state index in [0.29, 0.717) is 19.4 Å². The van der Waals surface area contributed by atoms with Crippen LogP contribution in [-0.4, -0.2) is 25.0 Å². The van der Waals surface area contributed by atoms with Crippen LogP contribution >= 0.6 is 0 Å². The number of ether oxygens (including phenoxy) is 1. The topological polar surface area (TPSA) is 67.4 Å². The first-order valence-corrected chi connectivity index (χ1v) is 8.66. The maximum Gasteiger partial charge on any atom is 0.235 e. The van der Waals surface area contributed by atoms with E-state index in [0.717, 1.165) is 22.1 Å². The van der Waals surface area contributed by atoms with Crippen LogP contribution in [0.5, 0.6) is 5.75 Å². The Bertz CT molecular complexity index is 810. The first-order chi connectivity index (χ1) is 12.0. The van der Waals surface area contributed by atoms with Gasteiger partial charge in [0.1, 0.15) is 11.2 Å². The quantitative estimate of drug-likeness (QED) is 0.795. The van der Waals surface area contributed by atoms with Crippen LogP contribution in [-0.2, 0) is 16.1 Å². The van der Waals surface area contributed by atoms with Gasteiger partial charge in [0.15, 0.2) is 0 Å². The zero-order valence-corrected chi connectivity index (χ0v) is 14.9. The molecule has 0 saturated heterocycles. The van der Waals surface area contributed by atoms with Crippen molar-refractivity contribution in [2.75, 3.05) is 7.05 Å². The molecular formula is C20H24N2O3. The van der Waals surface area contributed by atoms with Crippen LogP contribution in [0.2, 0.25) is 0 Å². The second kappa shape index (κ2) is 6.75. The van der Waals surface area contributed by atoms with Gasteiger partial charge < -0.3 is 15.4 Å². The molecule has 0 unspecified atom stereocenters. The highest BCUT2D eigenvalue weighted by Crippen LogP contribution is 2.46. The predicted octanol–water partition coefficient (Wildman–Crippen LogP) is 2.77. The number of benzene rings is 2. The molecule has 5 nitrogen and oxygen atoms in total. The summed E-state index contributed by atoms with van der Waals surface area (Å²) >= 11 is 0. The third-order valence-corrected chi connectivity index (χ3v) is 4.63. The van der Waals surface area contributed by atoms with Crippen LogP contribution in [0.4, 0.5) is 0 Å². The molecule has 0 bridgehead atoms. The Labute approximate surface area is 147 Å². The summed E-state index contributed by atoms with van der Waals surface area (Å²) in [4.78, 5) is 24.5. The van der Waals surface area contributed by atoms with Crippen LogP contribution in [0.3, 0.4) is 0 Å². The normalized spacial score (nSPS) is 15.0. The Morgan fingerprint density at radius 2 is 1.84 bits per heavy atom. The lowest BCUT2D eigenvalue weighted by atomic mass is 10.0. The fourth-order valence-electron chi connectivity index (χ4n) is 3.12. The molecule has 0 aliphatic heterocycles. The summed E-state index contributed by atoms with van der Waals surface area (Å²) in [6.07, 6.45) is 1.24. The average Bonchev–Trinajstić information content (AvgIpc) is 3.41. The summed E-state index contributed by atoms with van der Waals surface area (Å²) in [5, 5.41) is 7.67. The fraction of sp³-hybridized carbons (Fsp3) is 0.400. The number of carbonyl (C=O) groups excluding carboxylic acids is 2. The van der Waals surface area contributed by atoms with E-state index in [4.69, 9.17) is 4.74 Å². The Kier molecular flexibility index (Phi) is 4.66. The van der Waals surface area contributed by atoms with E-state index in [-0.39, 0.29) is 17.9 Å². The van der Waals surface area contributed by atoms with Crippen molar-refractivity contribution < 1.29 is 14.3 Å². The van der Waals surface area contributed by atoms with Gasteiger partial charge in [0.25, 0.3) is 0 Å². The molecule has 2 N–H and O–H groups in total. The van der Waals surface area contributed by atoms with Gasteiger partial charge >= 0.3 is 0 Å². The Balaban J connectivity index is 1.87. The first-order valence-electron chi connectivity index (χ1n) is 8.66. The van der Waals surface area contributed by atoms with Gasteiger partial charge in [-0.1, -0.05) is 30.3 Å². The monoisotopic (exact) mass is 340 g/mol. The van der Waals surface area contributed by atoms with Crippen LogP contribution in [0, 0.1) is 5.41 Å². The molecule has 2 aromatic rings. The van der Waals surface area contributed by atoms with E-state index in [1.165, 1.54) is 0 Å². The number of amides is 2.